The minimum atomic E-state index is 0.490. The van der Waals surface area contributed by atoms with Gasteiger partial charge in [0.15, 0.2) is 0 Å². The van der Waals surface area contributed by atoms with Crippen LogP contribution in [-0.4, -0.2) is 35.9 Å². The molecule has 2 rings (SSSR count). The van der Waals surface area contributed by atoms with E-state index in [1.54, 1.807) is 11.3 Å². The van der Waals surface area contributed by atoms with Crippen LogP contribution in [-0.2, 0) is 0 Å². The lowest BCUT2D eigenvalue weighted by atomic mass is 9.99. The lowest BCUT2D eigenvalue weighted by Crippen LogP contribution is -2.41. The molecule has 1 fully saturated rings. The van der Waals surface area contributed by atoms with Crippen LogP contribution in [0.2, 0.25) is 0 Å². The third kappa shape index (κ3) is 3.39. The Bertz CT molecular complexity index is 344. The highest BCUT2D eigenvalue weighted by Gasteiger charge is 2.21. The maximum atomic E-state index is 4.28. The molecule has 0 amide bonds. The molecule has 0 aromatic carbocycles. The molecule has 1 saturated heterocycles. The van der Waals surface area contributed by atoms with Gasteiger partial charge in [-0.2, -0.15) is 0 Å². The van der Waals surface area contributed by atoms with E-state index in [4.69, 9.17) is 0 Å². The number of rotatable bonds is 4. The summed E-state index contributed by atoms with van der Waals surface area (Å²) < 4.78 is 0. The lowest BCUT2D eigenvalue weighted by molar-refractivity contribution is 0.371. The molecule has 2 heterocycles. The van der Waals surface area contributed by atoms with Gasteiger partial charge >= 0.3 is 0 Å². The van der Waals surface area contributed by atoms with Crippen LogP contribution < -0.4 is 10.2 Å². The average Bonchev–Trinajstić information content (AvgIpc) is 2.73. The van der Waals surface area contributed by atoms with Crippen molar-refractivity contribution in [3.8, 4) is 0 Å². The van der Waals surface area contributed by atoms with Gasteiger partial charge in [-0.3, -0.25) is 0 Å². The molecule has 1 aliphatic heterocycles. The van der Waals surface area contributed by atoms with Crippen LogP contribution in [0.25, 0.3) is 0 Å². The number of nitrogens with one attached hydrogen (secondary N) is 1. The molecule has 1 atom stereocenters. The molecule has 5 heteroatoms. The van der Waals surface area contributed by atoms with Gasteiger partial charge in [0, 0.05) is 12.6 Å². The summed E-state index contributed by atoms with van der Waals surface area (Å²) in [6.45, 7) is 9.89. The van der Waals surface area contributed by atoms with Gasteiger partial charge in [-0.15, -0.1) is 10.2 Å². The SMILES string of the molecule is Cc1nnc(N(CC2CCCNC2)C(C)C)s1. The van der Waals surface area contributed by atoms with Crippen molar-refractivity contribution in [2.24, 2.45) is 5.92 Å². The Hall–Kier alpha value is -0.680. The summed E-state index contributed by atoms with van der Waals surface area (Å²) in [4.78, 5) is 2.39. The molecular formula is C12H22N4S. The lowest BCUT2D eigenvalue weighted by Gasteiger charge is -2.32. The van der Waals surface area contributed by atoms with Gasteiger partial charge in [-0.05, 0) is 52.6 Å². The van der Waals surface area contributed by atoms with E-state index in [1.807, 2.05) is 6.92 Å². The van der Waals surface area contributed by atoms with Crippen LogP contribution in [0.3, 0.4) is 0 Å². The van der Waals surface area contributed by atoms with Crippen LogP contribution in [0.4, 0.5) is 5.13 Å². The van der Waals surface area contributed by atoms with Crippen LogP contribution in [0.1, 0.15) is 31.7 Å². The Morgan fingerprint density at radius 1 is 1.47 bits per heavy atom. The Balaban J connectivity index is 2.01. The molecule has 1 aliphatic rings. The number of aromatic nitrogens is 2. The highest BCUT2D eigenvalue weighted by Crippen LogP contribution is 2.24. The Kier molecular flexibility index (Phi) is 4.34. The zero-order valence-electron chi connectivity index (χ0n) is 10.9. The minimum absolute atomic E-state index is 0.490. The molecular weight excluding hydrogens is 232 g/mol. The van der Waals surface area contributed by atoms with Crippen LogP contribution in [0.5, 0.6) is 0 Å². The van der Waals surface area contributed by atoms with Crippen molar-refractivity contribution in [2.75, 3.05) is 24.5 Å². The van der Waals surface area contributed by atoms with Crippen molar-refractivity contribution in [3.63, 3.8) is 0 Å². The number of hydrogen-bond acceptors (Lipinski definition) is 5. The summed E-state index contributed by atoms with van der Waals surface area (Å²) in [6.07, 6.45) is 2.62. The summed E-state index contributed by atoms with van der Waals surface area (Å²) in [6, 6.07) is 0.490. The summed E-state index contributed by atoms with van der Waals surface area (Å²) >= 11 is 1.70. The normalized spacial score (nSPS) is 20.8. The standard InChI is InChI=1S/C12H22N4S/c1-9(2)16(12-15-14-10(3)17-12)8-11-5-4-6-13-7-11/h9,11,13H,4-8H2,1-3H3. The van der Waals surface area contributed by atoms with E-state index in [0.29, 0.717) is 6.04 Å². The number of hydrogen-bond donors (Lipinski definition) is 1. The van der Waals surface area contributed by atoms with Crippen molar-refractivity contribution in [1.29, 1.82) is 0 Å². The van der Waals surface area contributed by atoms with Crippen molar-refractivity contribution in [1.82, 2.24) is 15.5 Å². The predicted molar refractivity (Wildman–Crippen MR) is 72.7 cm³/mol. The maximum absolute atomic E-state index is 4.28. The fourth-order valence-electron chi connectivity index (χ4n) is 2.27. The highest BCUT2D eigenvalue weighted by molar-refractivity contribution is 7.15. The Morgan fingerprint density at radius 2 is 2.29 bits per heavy atom. The second-order valence-electron chi connectivity index (χ2n) is 5.06. The van der Waals surface area contributed by atoms with E-state index in [2.05, 4.69) is 34.3 Å². The third-order valence-electron chi connectivity index (χ3n) is 3.24. The van der Waals surface area contributed by atoms with Gasteiger partial charge in [-0.25, -0.2) is 0 Å². The average molecular weight is 254 g/mol. The van der Waals surface area contributed by atoms with E-state index >= 15 is 0 Å². The number of nitrogens with zero attached hydrogens (tertiary/aromatic N) is 3. The van der Waals surface area contributed by atoms with Crippen molar-refractivity contribution < 1.29 is 0 Å². The van der Waals surface area contributed by atoms with E-state index in [9.17, 15) is 0 Å². The monoisotopic (exact) mass is 254 g/mol. The smallest absolute Gasteiger partial charge is 0.208 e. The molecule has 0 aliphatic carbocycles. The van der Waals surface area contributed by atoms with E-state index < -0.39 is 0 Å². The summed E-state index contributed by atoms with van der Waals surface area (Å²) in [7, 11) is 0. The van der Waals surface area contributed by atoms with Crippen LogP contribution in [0.15, 0.2) is 0 Å². The molecule has 1 unspecified atom stereocenters. The molecule has 1 aromatic rings. The summed E-state index contributed by atoms with van der Waals surface area (Å²) in [5.41, 5.74) is 0. The Morgan fingerprint density at radius 3 is 2.82 bits per heavy atom. The van der Waals surface area contributed by atoms with Gasteiger partial charge in [0.1, 0.15) is 5.01 Å². The fraction of sp³-hybridized carbons (Fsp3) is 0.833. The first-order chi connectivity index (χ1) is 8.16. The fourth-order valence-corrected chi connectivity index (χ4v) is 3.10. The summed E-state index contributed by atoms with van der Waals surface area (Å²) in [5, 5.41) is 14.0. The summed E-state index contributed by atoms with van der Waals surface area (Å²) in [5.74, 6) is 0.746. The van der Waals surface area contributed by atoms with Crippen LogP contribution >= 0.6 is 11.3 Å². The molecule has 1 N–H and O–H groups in total. The first kappa shape index (κ1) is 12.8. The second-order valence-corrected chi connectivity index (χ2v) is 6.22. The van der Waals surface area contributed by atoms with Crippen molar-refractivity contribution in [3.05, 3.63) is 5.01 Å². The van der Waals surface area contributed by atoms with Gasteiger partial charge in [0.05, 0.1) is 0 Å². The van der Waals surface area contributed by atoms with E-state index in [1.165, 1.54) is 19.4 Å². The minimum Gasteiger partial charge on any atom is -0.344 e. The first-order valence-electron chi connectivity index (χ1n) is 6.44. The second kappa shape index (κ2) is 5.78. The zero-order valence-corrected chi connectivity index (χ0v) is 11.8. The number of anilines is 1. The molecule has 17 heavy (non-hydrogen) atoms. The number of piperidine rings is 1. The van der Waals surface area contributed by atoms with Gasteiger partial charge < -0.3 is 10.2 Å². The predicted octanol–water partition coefficient (Wildman–Crippen LogP) is 2.06. The third-order valence-corrected chi connectivity index (χ3v) is 4.11. The largest absolute Gasteiger partial charge is 0.344 e. The van der Waals surface area contributed by atoms with Gasteiger partial charge in [0.2, 0.25) is 5.13 Å². The Labute approximate surface area is 107 Å². The topological polar surface area (TPSA) is 41.1 Å². The molecule has 1 aromatic heterocycles. The van der Waals surface area contributed by atoms with Crippen molar-refractivity contribution >= 4 is 16.5 Å². The highest BCUT2D eigenvalue weighted by atomic mass is 32.1. The quantitative estimate of drug-likeness (QED) is 0.893. The molecule has 4 nitrogen and oxygen atoms in total. The van der Waals surface area contributed by atoms with Gasteiger partial charge in [0.25, 0.3) is 0 Å². The molecule has 0 saturated carbocycles. The van der Waals surface area contributed by atoms with E-state index in [-0.39, 0.29) is 0 Å². The zero-order chi connectivity index (χ0) is 12.3. The molecule has 0 bridgehead atoms. The number of aryl methyl sites for hydroxylation is 1. The van der Waals surface area contributed by atoms with Crippen LogP contribution in [0, 0.1) is 12.8 Å². The first-order valence-corrected chi connectivity index (χ1v) is 7.26. The maximum Gasteiger partial charge on any atom is 0.208 e. The van der Waals surface area contributed by atoms with E-state index in [0.717, 1.165) is 29.1 Å². The van der Waals surface area contributed by atoms with Crippen molar-refractivity contribution in [2.45, 2.75) is 39.7 Å². The molecule has 96 valence electrons. The molecule has 0 radical (unpaired) electrons. The molecule has 0 spiro atoms. The van der Waals surface area contributed by atoms with Gasteiger partial charge in [-0.1, -0.05) is 11.3 Å².